The third-order valence-electron chi connectivity index (χ3n) is 5.37. The highest BCUT2D eigenvalue weighted by atomic mass is 32.1. The quantitative estimate of drug-likeness (QED) is 0.779. The lowest BCUT2D eigenvalue weighted by molar-refractivity contribution is 0.0633. The molecule has 2 aromatic rings. The van der Waals surface area contributed by atoms with Gasteiger partial charge in [0.15, 0.2) is 0 Å². The molecule has 132 valence electrons. The maximum absolute atomic E-state index is 12.9. The molecule has 1 aliphatic carbocycles. The first-order valence-electron chi connectivity index (χ1n) is 9.47. The minimum absolute atomic E-state index is 0.248. The van der Waals surface area contributed by atoms with Crippen molar-refractivity contribution in [2.75, 3.05) is 26.2 Å². The molecule has 0 N–H and O–H groups in total. The lowest BCUT2D eigenvalue weighted by atomic mass is 10.1. The lowest BCUT2D eigenvalue weighted by Gasteiger charge is -2.34. The van der Waals surface area contributed by atoms with Crippen LogP contribution in [0.15, 0.2) is 36.4 Å². The van der Waals surface area contributed by atoms with E-state index in [0.29, 0.717) is 0 Å². The molecule has 3 nitrogen and oxygen atoms in total. The molecule has 0 radical (unpaired) electrons. The molecule has 1 saturated heterocycles. The van der Waals surface area contributed by atoms with Gasteiger partial charge in [-0.25, -0.2) is 0 Å². The van der Waals surface area contributed by atoms with Crippen molar-refractivity contribution in [2.45, 2.75) is 38.6 Å². The normalized spacial score (nSPS) is 18.6. The minimum Gasteiger partial charge on any atom is -0.335 e. The summed E-state index contributed by atoms with van der Waals surface area (Å²) in [7, 11) is 0. The predicted molar refractivity (Wildman–Crippen MR) is 103 cm³/mol. The van der Waals surface area contributed by atoms with E-state index in [1.54, 1.807) is 11.3 Å². The van der Waals surface area contributed by atoms with Gasteiger partial charge in [0.2, 0.25) is 0 Å². The highest BCUT2D eigenvalue weighted by Gasteiger charge is 2.24. The Balaban J connectivity index is 1.35. The molecule has 1 amide bonds. The smallest absolute Gasteiger partial charge is 0.264 e. The average Bonchev–Trinajstić information content (AvgIpc) is 2.93. The molecule has 4 heteroatoms. The van der Waals surface area contributed by atoms with E-state index in [2.05, 4.69) is 41.3 Å². The van der Waals surface area contributed by atoms with Gasteiger partial charge in [0.05, 0.1) is 4.88 Å². The molecule has 0 saturated carbocycles. The molecule has 4 rings (SSSR count). The fourth-order valence-corrected chi connectivity index (χ4v) is 5.10. The van der Waals surface area contributed by atoms with E-state index in [1.165, 1.54) is 35.3 Å². The highest BCUT2D eigenvalue weighted by molar-refractivity contribution is 7.14. The predicted octanol–water partition coefficient (Wildman–Crippen LogP) is 3.98. The van der Waals surface area contributed by atoms with Gasteiger partial charge in [-0.3, -0.25) is 9.69 Å². The fraction of sp³-hybridized carbons (Fsp3) is 0.476. The van der Waals surface area contributed by atoms with Gasteiger partial charge in [-0.05, 0) is 42.9 Å². The molecule has 1 aromatic carbocycles. The van der Waals surface area contributed by atoms with Crippen molar-refractivity contribution >= 4 is 17.2 Å². The number of benzene rings is 1. The number of aryl methyl sites for hydroxylation is 2. The number of rotatable bonds is 3. The zero-order chi connectivity index (χ0) is 17.1. The monoisotopic (exact) mass is 354 g/mol. The number of carbonyl (C=O) groups excluding carboxylic acids is 1. The Morgan fingerprint density at radius 2 is 1.72 bits per heavy atom. The average molecular weight is 355 g/mol. The maximum Gasteiger partial charge on any atom is 0.264 e. The van der Waals surface area contributed by atoms with Crippen LogP contribution >= 0.6 is 11.3 Å². The zero-order valence-electron chi connectivity index (χ0n) is 14.7. The summed E-state index contributed by atoms with van der Waals surface area (Å²) in [4.78, 5) is 19.8. The summed E-state index contributed by atoms with van der Waals surface area (Å²) in [6, 6.07) is 12.8. The van der Waals surface area contributed by atoms with E-state index >= 15 is 0 Å². The molecular formula is C21H26N2OS. The first-order valence-corrected chi connectivity index (χ1v) is 10.3. The van der Waals surface area contributed by atoms with Gasteiger partial charge < -0.3 is 4.90 Å². The Hall–Kier alpha value is -1.65. The van der Waals surface area contributed by atoms with Gasteiger partial charge in [-0.2, -0.15) is 0 Å². The molecular weight excluding hydrogens is 328 g/mol. The molecule has 1 aromatic heterocycles. The van der Waals surface area contributed by atoms with Crippen molar-refractivity contribution in [2.24, 2.45) is 0 Å². The van der Waals surface area contributed by atoms with Crippen LogP contribution in [-0.4, -0.2) is 41.9 Å². The molecule has 1 fully saturated rings. The Morgan fingerprint density at radius 3 is 2.52 bits per heavy atom. The SMILES string of the molecule is O=C(c1cc2c(s1)CCCCC2)N1CCN(Cc2ccccc2)CC1. The van der Waals surface area contributed by atoms with E-state index in [4.69, 9.17) is 0 Å². The molecule has 1 aliphatic heterocycles. The van der Waals surface area contributed by atoms with Crippen LogP contribution in [0.25, 0.3) is 0 Å². The van der Waals surface area contributed by atoms with Crippen LogP contribution < -0.4 is 0 Å². The van der Waals surface area contributed by atoms with Crippen molar-refractivity contribution in [3.63, 3.8) is 0 Å². The molecule has 2 heterocycles. The first-order chi connectivity index (χ1) is 12.3. The standard InChI is InChI=1S/C21H26N2OS/c24-21(20-15-18-9-5-2-6-10-19(18)25-20)23-13-11-22(12-14-23)16-17-7-3-1-4-8-17/h1,3-4,7-8,15H,2,5-6,9-14,16H2. The van der Waals surface area contributed by atoms with Gasteiger partial charge >= 0.3 is 0 Å². The van der Waals surface area contributed by atoms with Gasteiger partial charge in [0, 0.05) is 37.6 Å². The zero-order valence-corrected chi connectivity index (χ0v) is 15.6. The minimum atomic E-state index is 0.248. The summed E-state index contributed by atoms with van der Waals surface area (Å²) in [5.74, 6) is 0.248. The van der Waals surface area contributed by atoms with Gasteiger partial charge in [0.25, 0.3) is 5.91 Å². The number of piperazine rings is 1. The van der Waals surface area contributed by atoms with Crippen LogP contribution in [0.5, 0.6) is 0 Å². The van der Waals surface area contributed by atoms with Crippen LogP contribution in [0.2, 0.25) is 0 Å². The molecule has 0 atom stereocenters. The number of thiophene rings is 1. The summed E-state index contributed by atoms with van der Waals surface area (Å²) in [5.41, 5.74) is 2.79. The van der Waals surface area contributed by atoms with E-state index < -0.39 is 0 Å². The van der Waals surface area contributed by atoms with E-state index in [9.17, 15) is 4.79 Å². The summed E-state index contributed by atoms with van der Waals surface area (Å²) in [5, 5.41) is 0. The molecule has 0 spiro atoms. The van der Waals surface area contributed by atoms with Crippen LogP contribution in [-0.2, 0) is 19.4 Å². The molecule has 0 bridgehead atoms. The van der Waals surface area contributed by atoms with E-state index in [0.717, 1.165) is 50.4 Å². The van der Waals surface area contributed by atoms with Crippen LogP contribution in [0.1, 0.15) is 44.9 Å². The van der Waals surface area contributed by atoms with E-state index in [1.807, 2.05) is 4.90 Å². The molecule has 25 heavy (non-hydrogen) atoms. The van der Waals surface area contributed by atoms with Crippen LogP contribution in [0.3, 0.4) is 0 Å². The van der Waals surface area contributed by atoms with Crippen LogP contribution in [0.4, 0.5) is 0 Å². The fourth-order valence-electron chi connectivity index (χ4n) is 3.88. The van der Waals surface area contributed by atoms with Gasteiger partial charge in [-0.1, -0.05) is 36.8 Å². The van der Waals surface area contributed by atoms with Crippen LogP contribution in [0, 0.1) is 0 Å². The second kappa shape index (κ2) is 7.71. The third kappa shape index (κ3) is 3.96. The Bertz CT molecular complexity index is 693. The number of carbonyl (C=O) groups is 1. The Kier molecular flexibility index (Phi) is 5.18. The number of fused-ring (bicyclic) bond motifs is 1. The van der Waals surface area contributed by atoms with Crippen molar-refractivity contribution in [3.05, 3.63) is 57.3 Å². The highest BCUT2D eigenvalue weighted by Crippen LogP contribution is 2.30. The Labute approximate surface area is 154 Å². The van der Waals surface area contributed by atoms with Crippen molar-refractivity contribution in [3.8, 4) is 0 Å². The van der Waals surface area contributed by atoms with Crippen molar-refractivity contribution in [1.29, 1.82) is 0 Å². The van der Waals surface area contributed by atoms with Crippen molar-refractivity contribution < 1.29 is 4.79 Å². The summed E-state index contributed by atoms with van der Waals surface area (Å²) in [6.45, 7) is 4.59. The first kappa shape index (κ1) is 16.8. The largest absolute Gasteiger partial charge is 0.335 e. The number of amides is 1. The number of hydrogen-bond acceptors (Lipinski definition) is 3. The van der Waals surface area contributed by atoms with Crippen molar-refractivity contribution in [1.82, 2.24) is 9.80 Å². The Morgan fingerprint density at radius 1 is 0.960 bits per heavy atom. The number of hydrogen-bond donors (Lipinski definition) is 0. The second-order valence-corrected chi connectivity index (χ2v) is 8.31. The second-order valence-electron chi connectivity index (χ2n) is 7.17. The molecule has 0 unspecified atom stereocenters. The third-order valence-corrected chi connectivity index (χ3v) is 6.59. The van der Waals surface area contributed by atoms with Gasteiger partial charge in [-0.15, -0.1) is 11.3 Å². The summed E-state index contributed by atoms with van der Waals surface area (Å²) in [6.07, 6.45) is 6.20. The summed E-state index contributed by atoms with van der Waals surface area (Å²) >= 11 is 1.75. The molecule has 2 aliphatic rings. The van der Waals surface area contributed by atoms with Gasteiger partial charge in [0.1, 0.15) is 0 Å². The maximum atomic E-state index is 12.9. The lowest BCUT2D eigenvalue weighted by Crippen LogP contribution is -2.48. The topological polar surface area (TPSA) is 23.6 Å². The number of nitrogens with zero attached hydrogens (tertiary/aromatic N) is 2. The summed E-state index contributed by atoms with van der Waals surface area (Å²) < 4.78 is 0. The van der Waals surface area contributed by atoms with E-state index in [-0.39, 0.29) is 5.91 Å².